The predicted octanol–water partition coefficient (Wildman–Crippen LogP) is 3.03. The molecule has 3 saturated heterocycles. The summed E-state index contributed by atoms with van der Waals surface area (Å²) in [5.41, 5.74) is -15.0. The summed E-state index contributed by atoms with van der Waals surface area (Å²) in [6, 6.07) is 1.50. The van der Waals surface area contributed by atoms with E-state index in [2.05, 4.69) is 0 Å². The number of hydrogen-bond donors (Lipinski definition) is 2. The van der Waals surface area contributed by atoms with Crippen molar-refractivity contribution in [3.05, 3.63) is 35.5 Å². The summed E-state index contributed by atoms with van der Waals surface area (Å²) in [6.45, 7) is 13.9. The lowest BCUT2D eigenvalue weighted by Gasteiger charge is -2.78. The molecule has 59 heavy (non-hydrogen) atoms. The number of carbonyl (C=O) groups is 6. The third-order valence-electron chi connectivity index (χ3n) is 14.9. The van der Waals surface area contributed by atoms with E-state index < -0.39 is 146 Å². The standard InChI is InChI=1S/C41H50O18/c1-17(2)26(47)25-27-35(8,28(56-31(25)48)22-12-13-51-15-22)29(52-18(3)42)30(53-19(4)43)41-36(9)23(14-24(46)50-11)34(7)16-38(36)39(49,32(34)54-20(5)44)33(55-21(6)45)40(27,41)58-37(10,57-38)59-41/h12-13,15,17,23,27-30,32-33,47,49H,14,16H2,1-11H3/b26-25-/t23-,27+,28-,29-,30+,32-,33+,34+,35+,36+,37+,38+,39-,40+,41-/m0/s1. The molecule has 0 amide bonds. The van der Waals surface area contributed by atoms with Gasteiger partial charge >= 0.3 is 35.8 Å². The lowest BCUT2D eigenvalue weighted by molar-refractivity contribution is -0.490. The average molecular weight is 831 g/mol. The molecule has 0 radical (unpaired) electrons. The van der Waals surface area contributed by atoms with Gasteiger partial charge in [-0.15, -0.1) is 0 Å². The van der Waals surface area contributed by atoms with Crippen molar-refractivity contribution < 1.29 is 86.0 Å². The van der Waals surface area contributed by atoms with Crippen molar-refractivity contribution in [1.29, 1.82) is 0 Å². The summed E-state index contributed by atoms with van der Waals surface area (Å²) in [4.78, 5) is 82.7. The molecule has 3 aliphatic heterocycles. The van der Waals surface area contributed by atoms with Gasteiger partial charge in [-0.05, 0) is 18.4 Å². The van der Waals surface area contributed by atoms with E-state index >= 15 is 0 Å². The van der Waals surface area contributed by atoms with Gasteiger partial charge in [0, 0.05) is 69.3 Å². The third kappa shape index (κ3) is 4.45. The number of hydrogen-bond acceptors (Lipinski definition) is 18. The monoisotopic (exact) mass is 830 g/mol. The van der Waals surface area contributed by atoms with Gasteiger partial charge in [-0.2, -0.15) is 0 Å². The maximum Gasteiger partial charge on any atom is 0.338 e. The second-order valence-electron chi connectivity index (χ2n) is 18.2. The number of furan rings is 1. The van der Waals surface area contributed by atoms with Gasteiger partial charge in [-0.3, -0.25) is 24.0 Å². The average Bonchev–Trinajstić information content (AvgIpc) is 3.83. The summed E-state index contributed by atoms with van der Waals surface area (Å²) in [5, 5.41) is 26.3. The van der Waals surface area contributed by atoms with Crippen molar-refractivity contribution >= 4 is 35.8 Å². The van der Waals surface area contributed by atoms with Crippen LogP contribution in [0.15, 0.2) is 34.3 Å². The molecule has 0 aromatic carbocycles. The van der Waals surface area contributed by atoms with E-state index in [-0.39, 0.29) is 12.0 Å². The highest BCUT2D eigenvalue weighted by molar-refractivity contribution is 5.92. The zero-order valence-electron chi connectivity index (χ0n) is 34.7. The van der Waals surface area contributed by atoms with Gasteiger partial charge in [0.2, 0.25) is 0 Å². The zero-order valence-corrected chi connectivity index (χ0v) is 34.7. The Morgan fingerprint density at radius 3 is 2.00 bits per heavy atom. The quantitative estimate of drug-likeness (QED) is 0.166. The maximum atomic E-state index is 14.9. The van der Waals surface area contributed by atoms with Crippen LogP contribution in [-0.4, -0.2) is 106 Å². The highest BCUT2D eigenvalue weighted by Crippen LogP contribution is 2.90. The fraction of sp³-hybridized carbons (Fsp3) is 0.707. The van der Waals surface area contributed by atoms with E-state index in [0.29, 0.717) is 0 Å². The van der Waals surface area contributed by atoms with Crippen molar-refractivity contribution in [3.63, 3.8) is 0 Å². The summed E-state index contributed by atoms with van der Waals surface area (Å²) in [7, 11) is 1.19. The van der Waals surface area contributed by atoms with Crippen LogP contribution in [0.25, 0.3) is 0 Å². The summed E-state index contributed by atoms with van der Waals surface area (Å²) < 4.78 is 63.5. The van der Waals surface area contributed by atoms with Crippen molar-refractivity contribution in [2.45, 2.75) is 141 Å². The van der Waals surface area contributed by atoms with Crippen LogP contribution in [0.2, 0.25) is 0 Å². The number of aliphatic hydroxyl groups excluding tert-OH is 1. The van der Waals surface area contributed by atoms with Gasteiger partial charge in [-0.1, -0.05) is 34.6 Å². The van der Waals surface area contributed by atoms with Crippen LogP contribution in [-0.2, 0) is 71.4 Å². The molecular weight excluding hydrogens is 780 g/mol. The number of allylic oxidation sites excluding steroid dienone is 1. The zero-order chi connectivity index (χ0) is 43.4. The van der Waals surface area contributed by atoms with Gasteiger partial charge in [0.25, 0.3) is 5.97 Å². The topological polar surface area (TPSA) is 239 Å². The molecule has 4 heterocycles. The van der Waals surface area contributed by atoms with E-state index in [1.54, 1.807) is 34.6 Å². The number of esters is 6. The number of cyclic esters (lactones) is 1. The van der Waals surface area contributed by atoms with Gasteiger partial charge in [0.05, 0.1) is 30.6 Å². The normalized spacial score (nSPS) is 47.7. The Labute approximate surface area is 339 Å². The van der Waals surface area contributed by atoms with E-state index in [0.717, 1.165) is 27.7 Å². The van der Waals surface area contributed by atoms with Crippen LogP contribution in [0.4, 0.5) is 0 Å². The molecular formula is C41H50O18. The first kappa shape index (κ1) is 41.2. The number of aliphatic hydroxyl groups is 2. The van der Waals surface area contributed by atoms with Crippen LogP contribution in [0.5, 0.6) is 0 Å². The van der Waals surface area contributed by atoms with Crippen molar-refractivity contribution in [2.75, 3.05) is 7.11 Å². The Balaban J connectivity index is 1.63. The van der Waals surface area contributed by atoms with Crippen molar-refractivity contribution in [2.24, 2.45) is 34.0 Å². The first-order chi connectivity index (χ1) is 27.3. The molecule has 2 N–H and O–H groups in total. The summed E-state index contributed by atoms with van der Waals surface area (Å²) in [5.74, 6) is -11.8. The maximum absolute atomic E-state index is 14.9. The van der Waals surface area contributed by atoms with Gasteiger partial charge in [0.1, 0.15) is 23.6 Å². The largest absolute Gasteiger partial charge is 0.511 e. The molecule has 7 aliphatic rings. The van der Waals surface area contributed by atoms with Crippen molar-refractivity contribution in [3.8, 4) is 0 Å². The van der Waals surface area contributed by atoms with Crippen molar-refractivity contribution in [1.82, 2.24) is 0 Å². The van der Waals surface area contributed by atoms with E-state index in [4.69, 9.17) is 47.0 Å². The minimum atomic E-state index is -2.62. The molecule has 4 bridgehead atoms. The van der Waals surface area contributed by atoms with Gasteiger partial charge in [0.15, 0.2) is 35.1 Å². The summed E-state index contributed by atoms with van der Waals surface area (Å²) in [6.07, 6.45) is -6.64. The smallest absolute Gasteiger partial charge is 0.338 e. The van der Waals surface area contributed by atoms with Crippen LogP contribution < -0.4 is 0 Å². The Morgan fingerprint density at radius 1 is 0.864 bits per heavy atom. The van der Waals surface area contributed by atoms with E-state index in [1.165, 1.54) is 32.6 Å². The van der Waals surface area contributed by atoms with Crippen LogP contribution in [0.3, 0.4) is 0 Å². The predicted molar refractivity (Wildman–Crippen MR) is 192 cm³/mol. The first-order valence-electron chi connectivity index (χ1n) is 19.6. The van der Waals surface area contributed by atoms with Crippen LogP contribution >= 0.6 is 0 Å². The fourth-order valence-corrected chi connectivity index (χ4v) is 13.6. The molecule has 2 spiro atoms. The molecule has 18 nitrogen and oxygen atoms in total. The molecule has 8 rings (SSSR count). The highest BCUT2D eigenvalue weighted by Gasteiger charge is 3.06. The molecule has 0 unspecified atom stereocenters. The molecule has 4 aliphatic carbocycles. The molecule has 7 fully saturated rings. The number of rotatable bonds is 8. The molecule has 4 saturated carbocycles. The van der Waals surface area contributed by atoms with E-state index in [1.807, 2.05) is 0 Å². The third-order valence-corrected chi connectivity index (χ3v) is 14.9. The molecule has 18 heteroatoms. The minimum Gasteiger partial charge on any atom is -0.511 e. The second kappa shape index (κ2) is 12.3. The number of methoxy groups -OCH3 is 1. The number of ether oxygens (including phenoxy) is 9. The Kier molecular flexibility index (Phi) is 8.59. The highest BCUT2D eigenvalue weighted by atomic mass is 16.9. The lowest BCUT2D eigenvalue weighted by atomic mass is 9.32. The van der Waals surface area contributed by atoms with Gasteiger partial charge < -0.3 is 57.3 Å². The molecule has 1 aromatic rings. The SMILES string of the molecule is COC(=O)C[C@H]1[C@@]2(C)C[C@@]34O[C@]5(C)O[C@]6([C@@H]7/C(=C(/O)C(C)C)C(=O)O[C@@H](c8ccoc8)[C@]7(C)[C@@H](OC(C)=O)[C@@H](OC(C)=O)[C@]6(O5)[C@]13C)[C@H](OC(C)=O)[C@@]4(O)[C@H]2OC(C)=O. The Bertz CT molecular complexity index is 2090. The van der Waals surface area contributed by atoms with Gasteiger partial charge in [-0.25, -0.2) is 4.79 Å². The summed E-state index contributed by atoms with van der Waals surface area (Å²) >= 11 is 0. The molecule has 1 aromatic heterocycles. The van der Waals surface area contributed by atoms with E-state index in [9.17, 15) is 39.0 Å². The Hall–Kier alpha value is -4.52. The lowest BCUT2D eigenvalue weighted by Crippen LogP contribution is -2.97. The second-order valence-corrected chi connectivity index (χ2v) is 18.2. The molecule has 15 atom stereocenters. The fourth-order valence-electron chi connectivity index (χ4n) is 13.6. The first-order valence-corrected chi connectivity index (χ1v) is 19.6. The Morgan fingerprint density at radius 2 is 1.46 bits per heavy atom. The number of fused-ring (bicyclic) bond motifs is 3. The minimum absolute atomic E-state index is 0.183. The molecule has 322 valence electrons. The number of carbonyl (C=O) groups excluding carboxylic acids is 6. The van der Waals surface area contributed by atoms with Crippen LogP contribution in [0.1, 0.15) is 93.7 Å². The van der Waals surface area contributed by atoms with Crippen LogP contribution in [0, 0.1) is 34.0 Å².